The van der Waals surface area contributed by atoms with Crippen LogP contribution in [0.3, 0.4) is 0 Å². The minimum atomic E-state index is -5.09. The van der Waals surface area contributed by atoms with Crippen LogP contribution in [0.1, 0.15) is 89.5 Å². The first-order chi connectivity index (χ1) is 15.7. The molecule has 0 aliphatic rings. The summed E-state index contributed by atoms with van der Waals surface area (Å²) in [5, 5.41) is 9.15. The van der Waals surface area contributed by atoms with Crippen molar-refractivity contribution in [1.82, 2.24) is 0 Å². The van der Waals surface area contributed by atoms with E-state index in [2.05, 4.69) is 6.92 Å². The zero-order chi connectivity index (χ0) is 24.7. The van der Waals surface area contributed by atoms with Crippen molar-refractivity contribution in [3.63, 3.8) is 0 Å². The molecule has 1 N–H and O–H groups in total. The van der Waals surface area contributed by atoms with Crippen LogP contribution in [-0.4, -0.2) is 36.4 Å². The second kappa shape index (κ2) is 14.9. The van der Waals surface area contributed by atoms with Gasteiger partial charge in [-0.1, -0.05) is 95.0 Å². The normalized spacial score (nSPS) is 14.5. The van der Waals surface area contributed by atoms with Crippen LogP contribution in [0.4, 0.5) is 13.2 Å². The number of carboxylic acids is 1. The van der Waals surface area contributed by atoms with E-state index < -0.39 is 41.8 Å². The Morgan fingerprint density at radius 2 is 1.42 bits per heavy atom. The minimum Gasteiger partial charge on any atom is -0.481 e. The molecule has 0 aromatic heterocycles. The molecule has 33 heavy (non-hydrogen) atoms. The van der Waals surface area contributed by atoms with Crippen LogP contribution in [-0.2, 0) is 24.7 Å². The van der Waals surface area contributed by atoms with E-state index in [0.29, 0.717) is 6.42 Å². The Morgan fingerprint density at radius 3 is 1.88 bits per heavy atom. The van der Waals surface area contributed by atoms with Crippen LogP contribution >= 0.6 is 0 Å². The summed E-state index contributed by atoms with van der Waals surface area (Å²) in [6, 6.07) is 6.50. The van der Waals surface area contributed by atoms with Gasteiger partial charge in [-0.15, -0.1) is 0 Å². The van der Waals surface area contributed by atoms with E-state index in [4.69, 9.17) is 14.6 Å². The number of benzene rings is 1. The summed E-state index contributed by atoms with van der Waals surface area (Å²) in [5.74, 6) is -2.89. The largest absolute Gasteiger partial charge is 0.481 e. The van der Waals surface area contributed by atoms with Gasteiger partial charge in [0.2, 0.25) is 0 Å². The van der Waals surface area contributed by atoms with Crippen molar-refractivity contribution < 1.29 is 37.3 Å². The predicted octanol–water partition coefficient (Wildman–Crippen LogP) is 6.79. The molecule has 1 aromatic rings. The van der Waals surface area contributed by atoms with Crippen LogP contribution < -0.4 is 0 Å². The fourth-order valence-corrected chi connectivity index (χ4v) is 3.88. The van der Waals surface area contributed by atoms with E-state index in [1.165, 1.54) is 50.3 Å². The number of alkyl halides is 3. The van der Waals surface area contributed by atoms with Gasteiger partial charge in [0.15, 0.2) is 0 Å². The average Bonchev–Trinajstić information content (AvgIpc) is 2.75. The Hall–Kier alpha value is -2.09. The van der Waals surface area contributed by atoms with Crippen molar-refractivity contribution in [3.8, 4) is 0 Å². The van der Waals surface area contributed by atoms with Gasteiger partial charge in [0.25, 0.3) is 5.60 Å². The van der Waals surface area contributed by atoms with Gasteiger partial charge in [-0.3, -0.25) is 4.79 Å². The number of carbonyl (C=O) groups is 2. The quantitative estimate of drug-likeness (QED) is 0.199. The lowest BCUT2D eigenvalue weighted by molar-refractivity contribution is -0.278. The molecule has 0 unspecified atom stereocenters. The Labute approximate surface area is 194 Å². The van der Waals surface area contributed by atoms with E-state index >= 15 is 0 Å². The molecule has 2 atom stereocenters. The number of ether oxygens (including phenoxy) is 2. The Bertz CT molecular complexity index is 693. The van der Waals surface area contributed by atoms with Gasteiger partial charge in [0.1, 0.15) is 6.10 Å². The highest BCUT2D eigenvalue weighted by molar-refractivity contribution is 5.83. The number of esters is 1. The van der Waals surface area contributed by atoms with E-state index in [-0.39, 0.29) is 6.42 Å². The third-order valence-corrected chi connectivity index (χ3v) is 5.73. The molecule has 0 spiro atoms. The van der Waals surface area contributed by atoms with E-state index in [1.807, 2.05) is 0 Å². The summed E-state index contributed by atoms with van der Waals surface area (Å²) in [5.41, 5.74) is -3.74. The third-order valence-electron chi connectivity index (χ3n) is 5.73. The highest BCUT2D eigenvalue weighted by Crippen LogP contribution is 2.43. The number of halogens is 3. The number of rotatable bonds is 17. The molecule has 5 nitrogen and oxygen atoms in total. The Kier molecular flexibility index (Phi) is 13.1. The Morgan fingerprint density at radius 1 is 0.909 bits per heavy atom. The number of methoxy groups -OCH3 is 1. The number of hydrogen-bond donors (Lipinski definition) is 1. The maximum Gasteiger partial charge on any atom is 0.432 e. The number of hydrogen-bond acceptors (Lipinski definition) is 4. The lowest BCUT2D eigenvalue weighted by Gasteiger charge is -2.33. The zero-order valence-corrected chi connectivity index (χ0v) is 19.7. The SMILES string of the molecule is CCCCCCCCCCCC[C@H](CC(=O)O)OC(=O)[C@@](OC)(c1ccccc1)C(F)(F)F. The number of unbranched alkanes of at least 4 members (excludes halogenated alkanes) is 9. The van der Waals surface area contributed by atoms with Gasteiger partial charge in [-0.05, 0) is 12.8 Å². The summed E-state index contributed by atoms with van der Waals surface area (Å²) in [6.45, 7) is 2.18. The van der Waals surface area contributed by atoms with Crippen LogP contribution in [0.5, 0.6) is 0 Å². The second-order valence-corrected chi connectivity index (χ2v) is 8.34. The van der Waals surface area contributed by atoms with Crippen LogP contribution in [0.25, 0.3) is 0 Å². The first-order valence-electron chi connectivity index (χ1n) is 11.8. The maximum atomic E-state index is 14.0. The van der Waals surface area contributed by atoms with Crippen molar-refractivity contribution in [2.75, 3.05) is 7.11 Å². The van der Waals surface area contributed by atoms with E-state index in [9.17, 15) is 22.8 Å². The summed E-state index contributed by atoms with van der Waals surface area (Å²) in [7, 11) is 0.788. The Balaban J connectivity index is 2.69. The van der Waals surface area contributed by atoms with Crippen LogP contribution in [0.2, 0.25) is 0 Å². The molecule has 0 radical (unpaired) electrons. The van der Waals surface area contributed by atoms with Crippen molar-refractivity contribution >= 4 is 11.9 Å². The van der Waals surface area contributed by atoms with Gasteiger partial charge in [-0.2, -0.15) is 13.2 Å². The highest BCUT2D eigenvalue weighted by Gasteiger charge is 2.64. The molecule has 0 saturated heterocycles. The van der Waals surface area contributed by atoms with Gasteiger partial charge in [-0.25, -0.2) is 4.79 Å². The molecule has 0 fully saturated rings. The molecule has 8 heteroatoms. The molecule has 0 amide bonds. The fraction of sp³-hybridized carbons (Fsp3) is 0.680. The van der Waals surface area contributed by atoms with Crippen molar-refractivity contribution in [3.05, 3.63) is 35.9 Å². The molecule has 188 valence electrons. The molecule has 1 rings (SSSR count). The molecule has 0 bridgehead atoms. The molecule has 0 heterocycles. The maximum absolute atomic E-state index is 14.0. The number of carbonyl (C=O) groups excluding carboxylic acids is 1. The molecular weight excluding hydrogens is 437 g/mol. The van der Waals surface area contributed by atoms with Gasteiger partial charge in [0, 0.05) is 12.7 Å². The minimum absolute atomic E-state index is 0.182. The lowest BCUT2D eigenvalue weighted by Crippen LogP contribution is -2.52. The zero-order valence-electron chi connectivity index (χ0n) is 19.7. The highest BCUT2D eigenvalue weighted by atomic mass is 19.4. The summed E-state index contributed by atoms with van der Waals surface area (Å²) in [6.07, 6.45) is 4.02. The van der Waals surface area contributed by atoms with Crippen LogP contribution in [0.15, 0.2) is 30.3 Å². The first kappa shape index (κ1) is 28.9. The molecule has 0 saturated carbocycles. The number of carboxylic acid groups (broad SMARTS) is 1. The van der Waals surface area contributed by atoms with Crippen molar-refractivity contribution in [2.24, 2.45) is 0 Å². The molecule has 0 aliphatic heterocycles. The first-order valence-corrected chi connectivity index (χ1v) is 11.8. The third kappa shape index (κ3) is 9.35. The topological polar surface area (TPSA) is 72.8 Å². The average molecular weight is 475 g/mol. The second-order valence-electron chi connectivity index (χ2n) is 8.34. The van der Waals surface area contributed by atoms with E-state index in [0.717, 1.165) is 44.9 Å². The monoisotopic (exact) mass is 474 g/mol. The summed E-state index contributed by atoms with van der Waals surface area (Å²) < 4.78 is 51.8. The van der Waals surface area contributed by atoms with Crippen LogP contribution in [0, 0.1) is 0 Å². The lowest BCUT2D eigenvalue weighted by atomic mass is 9.92. The van der Waals surface area contributed by atoms with Gasteiger partial charge < -0.3 is 14.6 Å². The van der Waals surface area contributed by atoms with Crippen molar-refractivity contribution in [2.45, 2.75) is 102 Å². The molecule has 1 aromatic carbocycles. The van der Waals surface area contributed by atoms with Gasteiger partial charge in [0.05, 0.1) is 6.42 Å². The molecular formula is C25H37F3O5. The summed E-state index contributed by atoms with van der Waals surface area (Å²) >= 11 is 0. The summed E-state index contributed by atoms with van der Waals surface area (Å²) in [4.78, 5) is 24.0. The van der Waals surface area contributed by atoms with Gasteiger partial charge >= 0.3 is 18.1 Å². The number of aliphatic carboxylic acids is 1. The van der Waals surface area contributed by atoms with E-state index in [1.54, 1.807) is 0 Å². The van der Waals surface area contributed by atoms with Crippen molar-refractivity contribution in [1.29, 1.82) is 0 Å². The standard InChI is InChI=1S/C25H37F3O5/c1-3-4-5-6-7-8-9-10-11-15-18-21(19-22(29)30)33-23(31)24(32-2,25(26,27)28)20-16-13-12-14-17-20/h12-14,16-17,21H,3-11,15,18-19H2,1-2H3,(H,29,30)/t21-,24+/m1/s1. The molecule has 0 aliphatic carbocycles. The fourth-order valence-electron chi connectivity index (χ4n) is 3.88. The predicted molar refractivity (Wildman–Crippen MR) is 120 cm³/mol. The smallest absolute Gasteiger partial charge is 0.432 e.